The summed E-state index contributed by atoms with van der Waals surface area (Å²) in [5, 5.41) is 0.827. The molecule has 134 valence electrons. The van der Waals surface area contributed by atoms with Gasteiger partial charge in [-0.15, -0.1) is 0 Å². The number of fused-ring (bicyclic) bond motifs is 1. The van der Waals surface area contributed by atoms with Gasteiger partial charge in [0.25, 0.3) is 0 Å². The summed E-state index contributed by atoms with van der Waals surface area (Å²) in [6.07, 6.45) is 0.148. The summed E-state index contributed by atoms with van der Waals surface area (Å²) in [5.41, 5.74) is 2.81. The highest BCUT2D eigenvalue weighted by molar-refractivity contribution is 5.95. The Morgan fingerprint density at radius 3 is 2.26 bits per heavy atom. The van der Waals surface area contributed by atoms with Gasteiger partial charge in [0.2, 0.25) is 0 Å². The minimum absolute atomic E-state index is 0.157. The highest BCUT2D eigenvalue weighted by Gasteiger charge is 2.34. The van der Waals surface area contributed by atoms with Crippen LogP contribution in [0.4, 0.5) is 13.2 Å². The Hall–Kier alpha value is -3.21. The van der Waals surface area contributed by atoms with Crippen LogP contribution in [0, 0.1) is 6.92 Å². The first-order chi connectivity index (χ1) is 12.9. The van der Waals surface area contributed by atoms with Crippen molar-refractivity contribution < 1.29 is 13.2 Å². The smallest absolute Gasteiger partial charge is 0.265 e. The number of rotatable bonds is 2. The van der Waals surface area contributed by atoms with Crippen LogP contribution in [0.2, 0.25) is 0 Å². The number of pyridine rings is 2. The zero-order valence-electron chi connectivity index (χ0n) is 14.5. The number of benzene rings is 2. The normalized spacial score (nSPS) is 11.7. The Morgan fingerprint density at radius 1 is 0.778 bits per heavy atom. The van der Waals surface area contributed by atoms with Crippen molar-refractivity contribution in [1.82, 2.24) is 9.97 Å². The highest BCUT2D eigenvalue weighted by atomic mass is 19.4. The van der Waals surface area contributed by atoms with Crippen molar-refractivity contribution in [2.24, 2.45) is 0 Å². The lowest BCUT2D eigenvalue weighted by Crippen LogP contribution is -2.08. The summed E-state index contributed by atoms with van der Waals surface area (Å²) >= 11 is 0. The molecular weight excluding hydrogens is 349 g/mol. The topological polar surface area (TPSA) is 25.8 Å². The number of aryl methyl sites for hydroxylation is 1. The van der Waals surface area contributed by atoms with Crippen molar-refractivity contribution in [1.29, 1.82) is 0 Å². The molecule has 0 atom stereocenters. The number of hydrogen-bond acceptors (Lipinski definition) is 2. The number of aromatic nitrogens is 2. The minimum atomic E-state index is -4.47. The molecule has 0 unspecified atom stereocenters. The molecule has 2 aromatic carbocycles. The fraction of sp³-hybridized carbons (Fsp3) is 0.0909. The van der Waals surface area contributed by atoms with Gasteiger partial charge in [0.1, 0.15) is 0 Å². The van der Waals surface area contributed by atoms with E-state index in [1.807, 2.05) is 31.2 Å². The van der Waals surface area contributed by atoms with Crippen molar-refractivity contribution in [2.45, 2.75) is 13.1 Å². The van der Waals surface area contributed by atoms with Gasteiger partial charge >= 0.3 is 6.18 Å². The van der Waals surface area contributed by atoms with Crippen molar-refractivity contribution in [3.63, 3.8) is 0 Å². The van der Waals surface area contributed by atoms with Gasteiger partial charge in [-0.05, 0) is 65.1 Å². The Labute approximate surface area is 154 Å². The molecule has 0 bridgehead atoms. The van der Waals surface area contributed by atoms with Gasteiger partial charge < -0.3 is 0 Å². The van der Waals surface area contributed by atoms with E-state index in [-0.39, 0.29) is 5.56 Å². The summed E-state index contributed by atoms with van der Waals surface area (Å²) in [6.45, 7) is 1.83. The van der Waals surface area contributed by atoms with Crippen LogP contribution in [0.1, 0.15) is 11.1 Å². The Balaban J connectivity index is 2.01. The van der Waals surface area contributed by atoms with Gasteiger partial charge in [0.15, 0.2) is 0 Å². The van der Waals surface area contributed by atoms with Gasteiger partial charge in [0, 0.05) is 24.0 Å². The van der Waals surface area contributed by atoms with Crippen molar-refractivity contribution >= 4 is 10.9 Å². The van der Waals surface area contributed by atoms with E-state index in [4.69, 9.17) is 0 Å². The molecule has 2 aromatic heterocycles. The Morgan fingerprint density at radius 2 is 1.52 bits per heavy atom. The van der Waals surface area contributed by atoms with E-state index >= 15 is 0 Å². The monoisotopic (exact) mass is 364 g/mol. The summed E-state index contributed by atoms with van der Waals surface area (Å²) in [5.74, 6) is 0. The maximum Gasteiger partial charge on any atom is 0.417 e. The third-order valence-corrected chi connectivity index (χ3v) is 4.60. The van der Waals surface area contributed by atoms with Crippen LogP contribution in [0.15, 0.2) is 73.2 Å². The van der Waals surface area contributed by atoms with Gasteiger partial charge in [-0.2, -0.15) is 13.2 Å². The average Bonchev–Trinajstić information content (AvgIpc) is 2.67. The van der Waals surface area contributed by atoms with E-state index in [1.165, 1.54) is 18.5 Å². The van der Waals surface area contributed by atoms with E-state index in [0.29, 0.717) is 11.1 Å². The first-order valence-corrected chi connectivity index (χ1v) is 8.41. The molecule has 0 aliphatic rings. The van der Waals surface area contributed by atoms with E-state index in [1.54, 1.807) is 30.5 Å². The standard InChI is InChI=1S/C22H15F3N2/c1-14-12-19(15-6-9-26-10-7-15)20(22(23,24)25)13-18(14)16-8-11-27-21-5-3-2-4-17(16)21/h2-13H,1H3. The van der Waals surface area contributed by atoms with Crippen LogP contribution in [0.5, 0.6) is 0 Å². The molecule has 0 saturated carbocycles. The van der Waals surface area contributed by atoms with Gasteiger partial charge in [-0.25, -0.2) is 0 Å². The molecule has 0 amide bonds. The molecule has 0 fully saturated rings. The quantitative estimate of drug-likeness (QED) is 0.418. The predicted molar refractivity (Wildman–Crippen MR) is 100 cm³/mol. The molecule has 0 radical (unpaired) electrons. The number of hydrogen-bond donors (Lipinski definition) is 0. The number of para-hydroxylation sites is 1. The van der Waals surface area contributed by atoms with Crippen LogP contribution in [0.25, 0.3) is 33.2 Å². The lowest BCUT2D eigenvalue weighted by atomic mass is 9.90. The SMILES string of the molecule is Cc1cc(-c2ccncc2)c(C(F)(F)F)cc1-c1ccnc2ccccc12. The molecule has 0 aliphatic carbocycles. The third kappa shape index (κ3) is 3.16. The second kappa shape index (κ2) is 6.50. The first-order valence-electron chi connectivity index (χ1n) is 8.41. The fourth-order valence-corrected chi connectivity index (χ4v) is 3.33. The van der Waals surface area contributed by atoms with Gasteiger partial charge in [-0.1, -0.05) is 24.3 Å². The molecule has 2 heterocycles. The van der Waals surface area contributed by atoms with E-state index in [2.05, 4.69) is 9.97 Å². The first kappa shape index (κ1) is 17.2. The van der Waals surface area contributed by atoms with E-state index in [0.717, 1.165) is 22.0 Å². The van der Waals surface area contributed by atoms with Crippen molar-refractivity contribution in [3.05, 3.63) is 84.3 Å². The maximum absolute atomic E-state index is 13.8. The molecule has 0 spiro atoms. The third-order valence-electron chi connectivity index (χ3n) is 4.60. The van der Waals surface area contributed by atoms with Crippen LogP contribution in [-0.4, -0.2) is 9.97 Å². The molecule has 2 nitrogen and oxygen atoms in total. The Bertz CT molecular complexity index is 1110. The lowest BCUT2D eigenvalue weighted by Gasteiger charge is -2.18. The number of halogens is 3. The van der Waals surface area contributed by atoms with E-state index in [9.17, 15) is 13.2 Å². The largest absolute Gasteiger partial charge is 0.417 e. The number of alkyl halides is 3. The molecule has 0 N–H and O–H groups in total. The molecular formula is C22H15F3N2. The predicted octanol–water partition coefficient (Wildman–Crippen LogP) is 6.29. The minimum Gasteiger partial charge on any atom is -0.265 e. The lowest BCUT2D eigenvalue weighted by molar-refractivity contribution is -0.137. The summed E-state index contributed by atoms with van der Waals surface area (Å²) < 4.78 is 41.5. The van der Waals surface area contributed by atoms with Crippen LogP contribution in [-0.2, 0) is 6.18 Å². The van der Waals surface area contributed by atoms with Gasteiger partial charge in [0.05, 0.1) is 11.1 Å². The molecule has 27 heavy (non-hydrogen) atoms. The van der Waals surface area contributed by atoms with Crippen molar-refractivity contribution in [2.75, 3.05) is 0 Å². The second-order valence-corrected chi connectivity index (χ2v) is 6.32. The molecule has 4 rings (SSSR count). The summed E-state index contributed by atoms with van der Waals surface area (Å²) in [7, 11) is 0. The average molecular weight is 364 g/mol. The molecule has 4 aromatic rings. The van der Waals surface area contributed by atoms with Crippen LogP contribution < -0.4 is 0 Å². The summed E-state index contributed by atoms with van der Waals surface area (Å²) in [4.78, 5) is 8.20. The molecule has 0 saturated heterocycles. The van der Waals surface area contributed by atoms with Crippen LogP contribution >= 0.6 is 0 Å². The van der Waals surface area contributed by atoms with Crippen molar-refractivity contribution in [3.8, 4) is 22.3 Å². The van der Waals surface area contributed by atoms with Crippen LogP contribution in [0.3, 0.4) is 0 Å². The van der Waals surface area contributed by atoms with E-state index < -0.39 is 11.7 Å². The number of nitrogens with zero attached hydrogens (tertiary/aromatic N) is 2. The second-order valence-electron chi connectivity index (χ2n) is 6.32. The molecule has 5 heteroatoms. The van der Waals surface area contributed by atoms with Gasteiger partial charge in [-0.3, -0.25) is 9.97 Å². The highest BCUT2D eigenvalue weighted by Crippen LogP contribution is 2.41. The fourth-order valence-electron chi connectivity index (χ4n) is 3.33. The Kier molecular flexibility index (Phi) is 4.15. The zero-order chi connectivity index (χ0) is 19.0. The molecule has 0 aliphatic heterocycles. The zero-order valence-corrected chi connectivity index (χ0v) is 14.5. The summed E-state index contributed by atoms with van der Waals surface area (Å²) in [6, 6.07) is 15.2. The maximum atomic E-state index is 13.8.